The third kappa shape index (κ3) is 3.20. The number of allylic oxidation sites excluding steroid dienone is 1. The van der Waals surface area contributed by atoms with Gasteiger partial charge in [-0.3, -0.25) is 4.79 Å². The van der Waals surface area contributed by atoms with E-state index < -0.39 is 6.10 Å². The molecule has 1 aromatic rings. The number of aliphatic hydroxyl groups is 1. The van der Waals surface area contributed by atoms with E-state index in [-0.39, 0.29) is 23.4 Å². The van der Waals surface area contributed by atoms with Crippen molar-refractivity contribution in [2.75, 3.05) is 20.2 Å². The number of carbonyl (C=O) groups excluding carboxylic acids is 1. The molecule has 1 aliphatic heterocycles. The molecule has 1 heterocycles. The highest BCUT2D eigenvalue weighted by Crippen LogP contribution is 2.37. The van der Waals surface area contributed by atoms with E-state index in [2.05, 4.69) is 17.9 Å². The van der Waals surface area contributed by atoms with E-state index in [1.54, 1.807) is 14.0 Å². The molecule has 5 heteroatoms. The van der Waals surface area contributed by atoms with Gasteiger partial charge in [-0.1, -0.05) is 12.1 Å². The fourth-order valence-corrected chi connectivity index (χ4v) is 3.61. The minimum Gasteiger partial charge on any atom is -0.389 e. The number of benzene rings is 1. The van der Waals surface area contributed by atoms with Crippen LogP contribution in [0, 0.1) is 11.3 Å². The lowest BCUT2D eigenvalue weighted by molar-refractivity contribution is -0.114. The van der Waals surface area contributed by atoms with Gasteiger partial charge in [0.25, 0.3) is 0 Å². The quantitative estimate of drug-likeness (QED) is 0.915. The zero-order valence-corrected chi connectivity index (χ0v) is 15.0. The van der Waals surface area contributed by atoms with Crippen molar-refractivity contribution >= 4 is 11.5 Å². The van der Waals surface area contributed by atoms with Crippen molar-refractivity contribution in [3.63, 3.8) is 0 Å². The van der Waals surface area contributed by atoms with Gasteiger partial charge in [0, 0.05) is 32.2 Å². The summed E-state index contributed by atoms with van der Waals surface area (Å²) in [7, 11) is 1.73. The molecule has 132 valence electrons. The monoisotopic (exact) mass is 340 g/mol. The summed E-state index contributed by atoms with van der Waals surface area (Å²) in [5.74, 6) is -0.130. The number of nitriles is 1. The second-order valence-electron chi connectivity index (χ2n) is 7.17. The predicted octanol–water partition coefficient (Wildman–Crippen LogP) is 2.60. The van der Waals surface area contributed by atoms with E-state index >= 15 is 0 Å². The first kappa shape index (κ1) is 17.7. The van der Waals surface area contributed by atoms with Crippen molar-refractivity contribution in [3.05, 3.63) is 40.5 Å². The van der Waals surface area contributed by atoms with Crippen LogP contribution in [0.15, 0.2) is 23.8 Å². The van der Waals surface area contributed by atoms with Crippen LogP contribution in [0.1, 0.15) is 49.5 Å². The maximum absolute atomic E-state index is 12.5. The van der Waals surface area contributed by atoms with Gasteiger partial charge in [0.15, 0.2) is 5.78 Å². The van der Waals surface area contributed by atoms with Crippen LogP contribution < -0.4 is 0 Å². The van der Waals surface area contributed by atoms with Crippen molar-refractivity contribution in [1.29, 1.82) is 5.26 Å². The fourth-order valence-electron chi connectivity index (χ4n) is 3.61. The van der Waals surface area contributed by atoms with Crippen LogP contribution in [0.2, 0.25) is 0 Å². The summed E-state index contributed by atoms with van der Waals surface area (Å²) < 4.78 is 5.60. The average Bonchev–Trinajstić information content (AvgIpc) is 2.61. The Balaban J connectivity index is 2.05. The zero-order chi connectivity index (χ0) is 18.2. The Kier molecular flexibility index (Phi) is 4.68. The molecule has 3 rings (SSSR count). The van der Waals surface area contributed by atoms with Crippen molar-refractivity contribution in [2.45, 2.75) is 44.8 Å². The minimum atomic E-state index is -0.590. The predicted molar refractivity (Wildman–Crippen MR) is 94.5 cm³/mol. The molecule has 1 aliphatic carbocycles. The largest absolute Gasteiger partial charge is 0.389 e. The Morgan fingerprint density at radius 1 is 1.36 bits per heavy atom. The maximum atomic E-state index is 12.5. The molecule has 5 nitrogen and oxygen atoms in total. The molecule has 25 heavy (non-hydrogen) atoms. The Morgan fingerprint density at radius 3 is 2.60 bits per heavy atom. The van der Waals surface area contributed by atoms with Crippen LogP contribution in [-0.4, -0.2) is 41.6 Å². The lowest BCUT2D eigenvalue weighted by atomic mass is 9.84. The Morgan fingerprint density at radius 2 is 2.04 bits per heavy atom. The molecule has 0 radical (unpaired) electrons. The summed E-state index contributed by atoms with van der Waals surface area (Å²) in [6, 6.07) is 7.79. The maximum Gasteiger partial charge on any atom is 0.179 e. The first-order chi connectivity index (χ1) is 11.9. The number of piperidine rings is 1. The minimum absolute atomic E-state index is 0.130. The van der Waals surface area contributed by atoms with E-state index in [4.69, 9.17) is 4.74 Å². The lowest BCUT2D eigenvalue weighted by Gasteiger charge is -2.41. The van der Waals surface area contributed by atoms with Gasteiger partial charge in [-0.25, -0.2) is 0 Å². The molecule has 0 bridgehead atoms. The first-order valence-corrected chi connectivity index (χ1v) is 8.67. The molecule has 1 fully saturated rings. The SMILES string of the molecule is COC1(C)CCN(C2=C(C#N)C(=O)Cc3ccc(C(C)O)cc32)CC1. The molecule has 2 aliphatic rings. The highest BCUT2D eigenvalue weighted by atomic mass is 16.5. The Labute approximate surface area is 148 Å². The number of methoxy groups -OCH3 is 1. The summed E-state index contributed by atoms with van der Waals surface area (Å²) in [6.45, 7) is 5.28. The van der Waals surface area contributed by atoms with E-state index in [9.17, 15) is 15.2 Å². The molecule has 0 amide bonds. The molecule has 1 aromatic carbocycles. The van der Waals surface area contributed by atoms with Gasteiger partial charge in [0.1, 0.15) is 11.6 Å². The third-order valence-corrected chi connectivity index (χ3v) is 5.48. The number of aliphatic hydroxyl groups excluding tert-OH is 1. The van der Waals surface area contributed by atoms with Crippen molar-refractivity contribution in [2.24, 2.45) is 0 Å². The zero-order valence-electron chi connectivity index (χ0n) is 15.0. The van der Waals surface area contributed by atoms with Gasteiger partial charge in [0.2, 0.25) is 0 Å². The van der Waals surface area contributed by atoms with Crippen LogP contribution in [0.4, 0.5) is 0 Å². The highest BCUT2D eigenvalue weighted by molar-refractivity contribution is 6.09. The average molecular weight is 340 g/mol. The topological polar surface area (TPSA) is 73.6 Å². The number of ether oxygens (including phenoxy) is 1. The molecule has 0 aromatic heterocycles. The van der Waals surface area contributed by atoms with E-state index in [0.717, 1.165) is 48.3 Å². The van der Waals surface area contributed by atoms with Gasteiger partial charge in [-0.2, -0.15) is 5.26 Å². The van der Waals surface area contributed by atoms with E-state index in [0.29, 0.717) is 0 Å². The van der Waals surface area contributed by atoms with Gasteiger partial charge >= 0.3 is 0 Å². The smallest absolute Gasteiger partial charge is 0.179 e. The van der Waals surface area contributed by atoms with Crippen LogP contribution >= 0.6 is 0 Å². The van der Waals surface area contributed by atoms with Crippen molar-refractivity contribution in [3.8, 4) is 6.07 Å². The van der Waals surface area contributed by atoms with Crippen LogP contribution in [-0.2, 0) is 16.0 Å². The molecule has 1 saturated heterocycles. The normalized spacial score (nSPS) is 20.9. The molecular formula is C20H24N2O3. The number of nitrogens with zero attached hydrogens (tertiary/aromatic N) is 2. The van der Waals surface area contributed by atoms with Crippen molar-refractivity contribution < 1.29 is 14.6 Å². The molecule has 1 atom stereocenters. The first-order valence-electron chi connectivity index (χ1n) is 8.67. The number of fused-ring (bicyclic) bond motifs is 1. The van der Waals surface area contributed by atoms with Gasteiger partial charge < -0.3 is 14.7 Å². The van der Waals surface area contributed by atoms with E-state index in [1.807, 2.05) is 18.2 Å². The molecule has 1 N–H and O–H groups in total. The molecule has 0 saturated carbocycles. The standard InChI is InChI=1S/C20H24N2O3/c1-13(23)14-4-5-15-11-18(24)17(12-21)19(16(15)10-14)22-8-6-20(2,25-3)7-9-22/h4-5,10,13,23H,6-9,11H2,1-3H3. The van der Waals surface area contributed by atoms with Crippen molar-refractivity contribution in [1.82, 2.24) is 4.90 Å². The number of hydrogen-bond acceptors (Lipinski definition) is 5. The molecule has 0 spiro atoms. The lowest BCUT2D eigenvalue weighted by Crippen LogP contribution is -2.43. The van der Waals surface area contributed by atoms with Gasteiger partial charge in [0.05, 0.1) is 17.4 Å². The Bertz CT molecular complexity index is 766. The van der Waals surface area contributed by atoms with Gasteiger partial charge in [-0.15, -0.1) is 0 Å². The number of Topliss-reactive ketones (excluding diaryl/α,β-unsaturated/α-hetero) is 1. The van der Waals surface area contributed by atoms with Crippen LogP contribution in [0.3, 0.4) is 0 Å². The van der Waals surface area contributed by atoms with Gasteiger partial charge in [-0.05, 0) is 43.9 Å². The highest BCUT2D eigenvalue weighted by Gasteiger charge is 2.35. The summed E-state index contributed by atoms with van der Waals surface area (Å²) in [5.41, 5.74) is 3.40. The Hall–Kier alpha value is -2.16. The summed E-state index contributed by atoms with van der Waals surface area (Å²) in [6.07, 6.45) is 1.33. The van der Waals surface area contributed by atoms with Crippen LogP contribution in [0.25, 0.3) is 5.70 Å². The van der Waals surface area contributed by atoms with Crippen LogP contribution in [0.5, 0.6) is 0 Å². The second kappa shape index (κ2) is 6.62. The molecule has 1 unspecified atom stereocenters. The summed E-state index contributed by atoms with van der Waals surface area (Å²) in [4.78, 5) is 14.6. The molecular weight excluding hydrogens is 316 g/mol. The number of likely N-dealkylation sites (tertiary alicyclic amines) is 1. The number of hydrogen-bond donors (Lipinski definition) is 1. The summed E-state index contributed by atoms with van der Waals surface area (Å²) in [5, 5.41) is 19.5. The number of ketones is 1. The van der Waals surface area contributed by atoms with E-state index in [1.165, 1.54) is 0 Å². The third-order valence-electron chi connectivity index (χ3n) is 5.48. The number of rotatable bonds is 3. The second-order valence-corrected chi connectivity index (χ2v) is 7.17. The summed E-state index contributed by atoms with van der Waals surface area (Å²) >= 11 is 0. The fraction of sp³-hybridized carbons (Fsp3) is 0.500. The number of carbonyl (C=O) groups is 1.